The van der Waals surface area contributed by atoms with Crippen LogP contribution >= 0.6 is 0 Å². The number of rotatable bonds is 2. The Balaban J connectivity index is 2.40. The van der Waals surface area contributed by atoms with Crippen molar-refractivity contribution in [1.29, 1.82) is 0 Å². The van der Waals surface area contributed by atoms with Crippen LogP contribution in [0.15, 0.2) is 18.2 Å². The molecule has 0 saturated carbocycles. The van der Waals surface area contributed by atoms with Gasteiger partial charge in [0.2, 0.25) is 0 Å². The van der Waals surface area contributed by atoms with Crippen molar-refractivity contribution in [2.75, 3.05) is 7.05 Å². The fourth-order valence-corrected chi connectivity index (χ4v) is 2.66. The van der Waals surface area contributed by atoms with Crippen molar-refractivity contribution in [2.45, 2.75) is 39.2 Å². The van der Waals surface area contributed by atoms with E-state index in [1.807, 2.05) is 0 Å². The van der Waals surface area contributed by atoms with E-state index in [1.54, 1.807) is 0 Å². The van der Waals surface area contributed by atoms with Crippen molar-refractivity contribution in [3.63, 3.8) is 0 Å². The Morgan fingerprint density at radius 1 is 1.33 bits per heavy atom. The molecule has 1 nitrogen and oxygen atoms in total. The zero-order chi connectivity index (χ0) is 11.0. The maximum absolute atomic E-state index is 3.44. The molecule has 0 aliphatic heterocycles. The number of hydrogen-bond donors (Lipinski definition) is 1. The monoisotopic (exact) mass is 203 g/mol. The zero-order valence-corrected chi connectivity index (χ0v) is 10.2. The van der Waals surface area contributed by atoms with Crippen LogP contribution in [0.3, 0.4) is 0 Å². The summed E-state index contributed by atoms with van der Waals surface area (Å²) in [5.74, 6) is 1.36. The van der Waals surface area contributed by atoms with Gasteiger partial charge in [-0.3, -0.25) is 0 Å². The zero-order valence-electron chi connectivity index (χ0n) is 10.2. The highest BCUT2D eigenvalue weighted by atomic mass is 14.9. The molecule has 0 saturated heterocycles. The first-order chi connectivity index (χ1) is 7.13. The molecule has 1 aromatic rings. The van der Waals surface area contributed by atoms with Gasteiger partial charge in [-0.25, -0.2) is 0 Å². The molecule has 15 heavy (non-hydrogen) atoms. The lowest BCUT2D eigenvalue weighted by Gasteiger charge is -2.16. The molecule has 0 fully saturated rings. The highest BCUT2D eigenvalue weighted by Gasteiger charge is 2.28. The summed E-state index contributed by atoms with van der Waals surface area (Å²) in [7, 11) is 2.07. The normalized spacial score (nSPS) is 24.6. The number of hydrogen-bond acceptors (Lipinski definition) is 1. The minimum Gasteiger partial charge on any atom is -0.313 e. The van der Waals surface area contributed by atoms with Crippen molar-refractivity contribution < 1.29 is 0 Å². The summed E-state index contributed by atoms with van der Waals surface area (Å²) >= 11 is 0. The Bertz CT molecular complexity index is 354. The van der Waals surface area contributed by atoms with E-state index in [-0.39, 0.29) is 0 Å². The summed E-state index contributed by atoms with van der Waals surface area (Å²) < 4.78 is 0. The van der Waals surface area contributed by atoms with E-state index in [4.69, 9.17) is 0 Å². The molecule has 2 unspecified atom stereocenters. The molecule has 1 aromatic carbocycles. The van der Waals surface area contributed by atoms with Crippen molar-refractivity contribution in [3.8, 4) is 0 Å². The van der Waals surface area contributed by atoms with Crippen LogP contribution in [0.1, 0.15) is 49.4 Å². The van der Waals surface area contributed by atoms with Gasteiger partial charge in [-0.15, -0.1) is 0 Å². The lowest BCUT2D eigenvalue weighted by Crippen LogP contribution is -2.19. The van der Waals surface area contributed by atoms with Gasteiger partial charge in [-0.2, -0.15) is 0 Å². The van der Waals surface area contributed by atoms with Crippen molar-refractivity contribution in [3.05, 3.63) is 34.9 Å². The predicted octanol–water partition coefficient (Wildman–Crippen LogP) is 3.26. The minimum absolute atomic E-state index is 0.554. The number of nitrogens with one attached hydrogen (secondary N) is 1. The number of benzene rings is 1. The van der Waals surface area contributed by atoms with Gasteiger partial charge in [0.15, 0.2) is 0 Å². The third kappa shape index (κ3) is 1.81. The fourth-order valence-electron chi connectivity index (χ4n) is 2.66. The van der Waals surface area contributed by atoms with Gasteiger partial charge in [0.25, 0.3) is 0 Å². The van der Waals surface area contributed by atoms with Gasteiger partial charge in [0, 0.05) is 6.04 Å². The van der Waals surface area contributed by atoms with Crippen LogP contribution in [-0.4, -0.2) is 7.05 Å². The van der Waals surface area contributed by atoms with E-state index < -0.39 is 0 Å². The Morgan fingerprint density at radius 2 is 2.07 bits per heavy atom. The van der Waals surface area contributed by atoms with Crippen LogP contribution in [0.2, 0.25) is 0 Å². The van der Waals surface area contributed by atoms with Crippen LogP contribution in [0, 0.1) is 5.92 Å². The molecule has 1 aliphatic rings. The first kappa shape index (κ1) is 10.7. The first-order valence-corrected chi connectivity index (χ1v) is 5.93. The second kappa shape index (κ2) is 3.97. The van der Waals surface area contributed by atoms with Gasteiger partial charge >= 0.3 is 0 Å². The first-order valence-electron chi connectivity index (χ1n) is 5.93. The lowest BCUT2D eigenvalue weighted by atomic mass is 9.97. The third-order valence-corrected chi connectivity index (χ3v) is 3.59. The van der Waals surface area contributed by atoms with Gasteiger partial charge in [-0.05, 0) is 42.0 Å². The van der Waals surface area contributed by atoms with Gasteiger partial charge in [0.05, 0.1) is 0 Å². The van der Waals surface area contributed by atoms with Gasteiger partial charge in [-0.1, -0.05) is 39.0 Å². The van der Waals surface area contributed by atoms with Crippen LogP contribution in [0.25, 0.3) is 0 Å². The van der Waals surface area contributed by atoms with E-state index in [9.17, 15) is 0 Å². The second-order valence-electron chi connectivity index (χ2n) is 5.06. The molecule has 1 N–H and O–H groups in total. The topological polar surface area (TPSA) is 12.0 Å². The molecule has 82 valence electrons. The molecule has 0 radical (unpaired) electrons. The van der Waals surface area contributed by atoms with Crippen LogP contribution in [0.4, 0.5) is 0 Å². The Morgan fingerprint density at radius 3 is 2.67 bits per heavy atom. The summed E-state index contributed by atoms with van der Waals surface area (Å²) in [6.45, 7) is 6.85. The summed E-state index contributed by atoms with van der Waals surface area (Å²) in [4.78, 5) is 0. The van der Waals surface area contributed by atoms with Crippen LogP contribution < -0.4 is 5.32 Å². The standard InChI is InChI=1S/C14H21N/c1-9(2)11-5-6-12-7-10(3)14(15-4)13(12)8-11/h5-6,8-10,14-15H,7H2,1-4H3. The maximum Gasteiger partial charge on any atom is 0.0349 e. The Labute approximate surface area is 92.9 Å². The Hall–Kier alpha value is -0.820. The predicted molar refractivity (Wildman–Crippen MR) is 65.2 cm³/mol. The molecule has 0 heterocycles. The summed E-state index contributed by atoms with van der Waals surface area (Å²) in [6.07, 6.45) is 1.22. The molecule has 0 aromatic heterocycles. The molecule has 2 atom stereocenters. The quantitative estimate of drug-likeness (QED) is 0.778. The fraction of sp³-hybridized carbons (Fsp3) is 0.571. The van der Waals surface area contributed by atoms with E-state index in [1.165, 1.54) is 23.1 Å². The molecule has 2 rings (SSSR count). The van der Waals surface area contributed by atoms with E-state index in [0.717, 1.165) is 5.92 Å². The van der Waals surface area contributed by atoms with E-state index in [2.05, 4.69) is 51.3 Å². The molecule has 0 bridgehead atoms. The lowest BCUT2D eigenvalue weighted by molar-refractivity contribution is 0.446. The molecule has 0 amide bonds. The van der Waals surface area contributed by atoms with E-state index >= 15 is 0 Å². The van der Waals surface area contributed by atoms with Gasteiger partial charge in [0.1, 0.15) is 0 Å². The van der Waals surface area contributed by atoms with E-state index in [0.29, 0.717) is 12.0 Å². The average Bonchev–Trinajstić information content (AvgIpc) is 2.51. The average molecular weight is 203 g/mol. The number of fused-ring (bicyclic) bond motifs is 1. The maximum atomic E-state index is 3.44. The van der Waals surface area contributed by atoms with Crippen LogP contribution in [-0.2, 0) is 6.42 Å². The molecule has 1 heteroatoms. The van der Waals surface area contributed by atoms with Crippen LogP contribution in [0.5, 0.6) is 0 Å². The second-order valence-corrected chi connectivity index (χ2v) is 5.06. The largest absolute Gasteiger partial charge is 0.313 e. The molecular weight excluding hydrogens is 182 g/mol. The minimum atomic E-state index is 0.554. The SMILES string of the molecule is CNC1c2cc(C(C)C)ccc2CC1C. The molecule has 0 spiro atoms. The van der Waals surface area contributed by atoms with Gasteiger partial charge < -0.3 is 5.32 Å². The molecular formula is C14H21N. The summed E-state index contributed by atoms with van der Waals surface area (Å²) in [6, 6.07) is 7.55. The smallest absolute Gasteiger partial charge is 0.0349 e. The van der Waals surface area contributed by atoms with Crippen molar-refractivity contribution in [2.24, 2.45) is 5.92 Å². The Kier molecular flexibility index (Phi) is 2.83. The highest BCUT2D eigenvalue weighted by Crippen LogP contribution is 2.36. The van der Waals surface area contributed by atoms with Crippen molar-refractivity contribution >= 4 is 0 Å². The summed E-state index contributed by atoms with van der Waals surface area (Å²) in [5.41, 5.74) is 4.52. The third-order valence-electron chi connectivity index (χ3n) is 3.59. The van der Waals surface area contributed by atoms with Crippen molar-refractivity contribution in [1.82, 2.24) is 5.32 Å². The summed E-state index contributed by atoms with van der Waals surface area (Å²) in [5, 5.41) is 3.44. The highest BCUT2D eigenvalue weighted by molar-refractivity contribution is 5.39. The molecule has 1 aliphatic carbocycles.